The van der Waals surface area contributed by atoms with Gasteiger partial charge >= 0.3 is 0 Å². The van der Waals surface area contributed by atoms with Crippen molar-refractivity contribution in [1.82, 2.24) is 24.9 Å². The Bertz CT molecular complexity index is 2450. The molecular formula is C33H15N7O2. The minimum atomic E-state index is -0.109. The molecule has 9 nitrogen and oxygen atoms in total. The topological polar surface area (TPSA) is 138 Å². The van der Waals surface area contributed by atoms with Crippen molar-refractivity contribution in [3.05, 3.63) is 103 Å². The minimum Gasteiger partial charge on any atom is -0.456 e. The summed E-state index contributed by atoms with van der Waals surface area (Å²) < 4.78 is 12.0. The lowest BCUT2D eigenvalue weighted by molar-refractivity contribution is 0.663. The van der Waals surface area contributed by atoms with Crippen molar-refractivity contribution < 1.29 is 8.83 Å². The van der Waals surface area contributed by atoms with Crippen molar-refractivity contribution in [2.45, 2.75) is 0 Å². The van der Waals surface area contributed by atoms with Crippen LogP contribution in [0.2, 0.25) is 0 Å². The van der Waals surface area contributed by atoms with Crippen LogP contribution in [0.25, 0.3) is 78.2 Å². The minimum absolute atomic E-state index is 0.00379. The fourth-order valence-electron chi connectivity index (χ4n) is 5.12. The van der Waals surface area contributed by atoms with E-state index in [0.717, 1.165) is 33.1 Å². The van der Waals surface area contributed by atoms with Gasteiger partial charge in [-0.1, -0.05) is 54.6 Å². The van der Waals surface area contributed by atoms with Crippen molar-refractivity contribution in [3.8, 4) is 46.3 Å². The van der Waals surface area contributed by atoms with E-state index in [1.54, 1.807) is 6.07 Å². The second-order valence-corrected chi connectivity index (χ2v) is 9.59. The second-order valence-electron chi connectivity index (χ2n) is 9.59. The van der Waals surface area contributed by atoms with Crippen LogP contribution in [-0.2, 0) is 0 Å². The summed E-state index contributed by atoms with van der Waals surface area (Å²) in [6.07, 6.45) is 0. The number of hydrogen-bond acceptors (Lipinski definition) is 9. The van der Waals surface area contributed by atoms with Gasteiger partial charge < -0.3 is 8.83 Å². The summed E-state index contributed by atoms with van der Waals surface area (Å²) in [5, 5.41) is 21.6. The first kappa shape index (κ1) is 23.4. The molecule has 0 saturated heterocycles. The van der Waals surface area contributed by atoms with Crippen LogP contribution >= 0.6 is 0 Å². The van der Waals surface area contributed by atoms with Gasteiger partial charge in [0, 0.05) is 32.8 Å². The average Bonchev–Trinajstić information content (AvgIpc) is 3.62. The zero-order valence-electron chi connectivity index (χ0n) is 21.6. The Kier molecular flexibility index (Phi) is 5.05. The highest BCUT2D eigenvalue weighted by Crippen LogP contribution is 2.34. The van der Waals surface area contributed by atoms with Gasteiger partial charge in [-0.2, -0.15) is 10.5 Å². The van der Waals surface area contributed by atoms with Crippen LogP contribution in [0.3, 0.4) is 0 Å². The van der Waals surface area contributed by atoms with Gasteiger partial charge in [0.15, 0.2) is 28.8 Å². The molecule has 0 fully saturated rings. The first-order chi connectivity index (χ1) is 20.7. The zero-order valence-corrected chi connectivity index (χ0v) is 21.6. The van der Waals surface area contributed by atoms with E-state index in [1.807, 2.05) is 97.1 Å². The van der Waals surface area contributed by atoms with Gasteiger partial charge in [0.2, 0.25) is 5.82 Å². The molecule has 0 aliphatic carbocycles. The summed E-state index contributed by atoms with van der Waals surface area (Å²) in [5.41, 5.74) is 4.97. The Morgan fingerprint density at radius 3 is 1.95 bits per heavy atom. The van der Waals surface area contributed by atoms with E-state index >= 15 is 0 Å². The Morgan fingerprint density at radius 1 is 0.500 bits per heavy atom. The van der Waals surface area contributed by atoms with E-state index in [2.05, 4.69) is 9.97 Å². The molecule has 0 spiro atoms. The Labute approximate surface area is 237 Å². The first-order valence-electron chi connectivity index (χ1n) is 13.0. The maximum absolute atomic E-state index is 9.55. The summed E-state index contributed by atoms with van der Waals surface area (Å²) in [7, 11) is 0. The molecule has 8 rings (SSSR count). The maximum atomic E-state index is 9.55. The Morgan fingerprint density at radius 2 is 1.17 bits per heavy atom. The number of benzene rings is 4. The number of aromatic nitrogens is 5. The second kappa shape index (κ2) is 9.05. The third-order valence-electron chi connectivity index (χ3n) is 7.08. The molecule has 0 unspecified atom stereocenters. The first-order valence-corrected chi connectivity index (χ1v) is 13.0. The maximum Gasteiger partial charge on any atom is 0.234 e. The van der Waals surface area contributed by atoms with Crippen LogP contribution in [0.1, 0.15) is 11.5 Å². The lowest BCUT2D eigenvalue weighted by atomic mass is 10.1. The van der Waals surface area contributed by atoms with Crippen molar-refractivity contribution >= 4 is 44.0 Å². The van der Waals surface area contributed by atoms with Gasteiger partial charge in [-0.05, 0) is 36.4 Å². The number of fused-ring (bicyclic) bond motifs is 6. The molecule has 4 aromatic carbocycles. The molecule has 0 aliphatic rings. The molecule has 8 aromatic rings. The van der Waals surface area contributed by atoms with E-state index in [9.17, 15) is 10.5 Å². The van der Waals surface area contributed by atoms with Gasteiger partial charge in [-0.25, -0.2) is 24.9 Å². The molecule has 4 heterocycles. The predicted molar refractivity (Wildman–Crippen MR) is 156 cm³/mol. The predicted octanol–water partition coefficient (Wildman–Crippen LogP) is 7.20. The molecule has 0 atom stereocenters. The number of nitriles is 2. The highest BCUT2D eigenvalue weighted by Gasteiger charge is 2.19. The largest absolute Gasteiger partial charge is 0.456 e. The van der Waals surface area contributed by atoms with Gasteiger partial charge in [-0.3, -0.25) is 0 Å². The van der Waals surface area contributed by atoms with Gasteiger partial charge in [0.05, 0.1) is 0 Å². The van der Waals surface area contributed by atoms with E-state index in [1.165, 1.54) is 0 Å². The van der Waals surface area contributed by atoms with E-state index in [4.69, 9.17) is 23.8 Å². The molecule has 0 bridgehead atoms. The summed E-state index contributed by atoms with van der Waals surface area (Å²) in [5.74, 6) is 1.33. The van der Waals surface area contributed by atoms with Crippen LogP contribution < -0.4 is 0 Å². The van der Waals surface area contributed by atoms with Crippen LogP contribution in [-0.4, -0.2) is 24.9 Å². The molecule has 4 aromatic heterocycles. The van der Waals surface area contributed by atoms with Crippen molar-refractivity contribution in [2.24, 2.45) is 0 Å². The smallest absolute Gasteiger partial charge is 0.234 e. The monoisotopic (exact) mass is 541 g/mol. The number of rotatable bonds is 3. The van der Waals surface area contributed by atoms with Crippen LogP contribution in [0, 0.1) is 22.7 Å². The Hall–Kier alpha value is -6.45. The fourth-order valence-corrected chi connectivity index (χ4v) is 5.12. The van der Waals surface area contributed by atoms with Gasteiger partial charge in [0.25, 0.3) is 0 Å². The molecule has 0 amide bonds. The summed E-state index contributed by atoms with van der Waals surface area (Å²) in [6, 6.07) is 32.9. The van der Waals surface area contributed by atoms with Crippen molar-refractivity contribution in [2.75, 3.05) is 0 Å². The fraction of sp³-hybridized carbons (Fsp3) is 0. The number of para-hydroxylation sites is 1. The molecular weight excluding hydrogens is 526 g/mol. The highest BCUT2D eigenvalue weighted by molar-refractivity contribution is 6.06. The highest BCUT2D eigenvalue weighted by atomic mass is 16.3. The van der Waals surface area contributed by atoms with Crippen molar-refractivity contribution in [1.29, 1.82) is 10.5 Å². The number of nitrogens with zero attached hydrogens (tertiary/aromatic N) is 7. The van der Waals surface area contributed by atoms with Gasteiger partial charge in [0.1, 0.15) is 34.4 Å². The third kappa shape index (κ3) is 3.66. The van der Waals surface area contributed by atoms with Crippen LogP contribution in [0.4, 0.5) is 0 Å². The molecule has 0 saturated carbocycles. The number of hydrogen-bond donors (Lipinski definition) is 0. The lowest BCUT2D eigenvalue weighted by Gasteiger charge is -2.08. The van der Waals surface area contributed by atoms with E-state index in [-0.39, 0.29) is 17.1 Å². The van der Waals surface area contributed by atoms with Crippen LogP contribution in [0.5, 0.6) is 0 Å². The van der Waals surface area contributed by atoms with Crippen LogP contribution in [0.15, 0.2) is 99.8 Å². The molecule has 194 valence electrons. The lowest BCUT2D eigenvalue weighted by Crippen LogP contribution is -2.00. The van der Waals surface area contributed by atoms with Gasteiger partial charge in [-0.15, -0.1) is 0 Å². The quantitative estimate of drug-likeness (QED) is 0.227. The normalized spacial score (nSPS) is 11.3. The zero-order chi connectivity index (χ0) is 28.2. The van der Waals surface area contributed by atoms with Crippen molar-refractivity contribution in [3.63, 3.8) is 0 Å². The molecule has 9 heteroatoms. The third-order valence-corrected chi connectivity index (χ3v) is 7.08. The average molecular weight is 542 g/mol. The molecule has 42 heavy (non-hydrogen) atoms. The van der Waals surface area contributed by atoms with E-state index in [0.29, 0.717) is 39.5 Å². The summed E-state index contributed by atoms with van der Waals surface area (Å²) in [6.45, 7) is 0. The van der Waals surface area contributed by atoms with E-state index < -0.39 is 0 Å². The molecule has 0 radical (unpaired) electrons. The number of furan rings is 2. The summed E-state index contributed by atoms with van der Waals surface area (Å²) in [4.78, 5) is 22.8. The molecule has 0 aliphatic heterocycles. The standard InChI is InChI=1S/C33H15N7O2/c34-16-24-30-29(37-28(17-35)36-24)23-14-19(11-13-26(23)42-30)32-38-31(18-6-2-1-3-7-18)39-33(40-32)20-10-12-22-21-8-4-5-9-25(21)41-27(22)15-20/h1-15H. The SMILES string of the molecule is N#Cc1nc(C#N)c2oc3ccc(-c4nc(-c5ccccc5)nc(-c5ccc6c(c5)oc5ccccc56)n4)cc3c2n1. The Balaban J connectivity index is 1.34. The summed E-state index contributed by atoms with van der Waals surface area (Å²) >= 11 is 0. The molecule has 0 N–H and O–H groups in total.